The zero-order valence-corrected chi connectivity index (χ0v) is 20.8. The Labute approximate surface area is 201 Å². The first-order valence-electron chi connectivity index (χ1n) is 11.4. The van der Waals surface area contributed by atoms with Crippen molar-refractivity contribution >= 4 is 18.7 Å². The van der Waals surface area contributed by atoms with Crippen molar-refractivity contribution in [1.82, 2.24) is 4.98 Å². The van der Waals surface area contributed by atoms with Crippen LogP contribution in [0.2, 0.25) is 0 Å². The number of nitrogens with one attached hydrogen (secondary N) is 1. The van der Waals surface area contributed by atoms with Crippen molar-refractivity contribution in [3.63, 3.8) is 0 Å². The zero-order chi connectivity index (χ0) is 24.2. The molecular formula is C27H31N2O4P. The highest BCUT2D eigenvalue weighted by atomic mass is 31.2. The van der Waals surface area contributed by atoms with Gasteiger partial charge in [-0.05, 0) is 29.7 Å². The van der Waals surface area contributed by atoms with E-state index in [0.29, 0.717) is 0 Å². The Balaban J connectivity index is 1.51. The predicted molar refractivity (Wildman–Crippen MR) is 133 cm³/mol. The quantitative estimate of drug-likeness (QED) is 0.246. The van der Waals surface area contributed by atoms with Crippen molar-refractivity contribution in [3.05, 3.63) is 101 Å². The maximum atomic E-state index is 12.6. The van der Waals surface area contributed by atoms with Crippen LogP contribution in [0.3, 0.4) is 0 Å². The molecule has 0 aliphatic heterocycles. The molecule has 0 amide bonds. The van der Waals surface area contributed by atoms with E-state index >= 15 is 0 Å². The molecular weight excluding hydrogens is 447 g/mol. The van der Waals surface area contributed by atoms with Gasteiger partial charge in [0.2, 0.25) is 0 Å². The third kappa shape index (κ3) is 6.16. The largest absolute Gasteiger partial charge is 0.746 e. The predicted octanol–water partition coefficient (Wildman–Crippen LogP) is 5.36. The molecule has 7 heteroatoms. The number of benzene rings is 3. The number of aromatic nitrogens is 1. The van der Waals surface area contributed by atoms with Crippen LogP contribution in [0.15, 0.2) is 79.0 Å². The lowest BCUT2D eigenvalue weighted by Crippen LogP contribution is -2.40. The molecule has 0 aliphatic carbocycles. The standard InChI is InChI=1S/C27H31N2O4P/c1-21-14-15-25(33-34(30,31)32-20-23-12-8-5-9-13-23)26-24(18-28-27(21)26)16-17-29(2,3)19-22-10-6-4-7-11-22/h4-15,18,28H,16-17,19-20H2,1-3H3. The van der Waals surface area contributed by atoms with E-state index in [4.69, 9.17) is 9.05 Å². The minimum absolute atomic E-state index is 0.0677. The summed E-state index contributed by atoms with van der Waals surface area (Å²) in [4.78, 5) is 15.9. The molecule has 6 nitrogen and oxygen atoms in total. The van der Waals surface area contributed by atoms with E-state index in [1.165, 1.54) is 5.56 Å². The number of aromatic amines is 1. The molecule has 0 aliphatic rings. The molecule has 0 saturated carbocycles. The van der Waals surface area contributed by atoms with Gasteiger partial charge in [-0.1, -0.05) is 66.7 Å². The van der Waals surface area contributed by atoms with Crippen LogP contribution in [0.4, 0.5) is 0 Å². The fraction of sp³-hybridized carbons (Fsp3) is 0.259. The number of aryl methyl sites for hydroxylation is 1. The van der Waals surface area contributed by atoms with Gasteiger partial charge in [-0.15, -0.1) is 0 Å². The molecule has 4 aromatic rings. The van der Waals surface area contributed by atoms with Crippen LogP contribution in [0.5, 0.6) is 5.75 Å². The Morgan fingerprint density at radius 1 is 0.941 bits per heavy atom. The fourth-order valence-electron chi connectivity index (χ4n) is 4.15. The van der Waals surface area contributed by atoms with Crippen molar-refractivity contribution < 1.29 is 23.0 Å². The van der Waals surface area contributed by atoms with Crippen molar-refractivity contribution in [3.8, 4) is 5.75 Å². The lowest BCUT2D eigenvalue weighted by molar-refractivity contribution is -0.903. The number of phosphoric ester groups is 1. The lowest BCUT2D eigenvalue weighted by Gasteiger charge is -2.30. The second-order valence-electron chi connectivity index (χ2n) is 9.30. The molecule has 4 rings (SSSR count). The molecule has 1 N–H and O–H groups in total. The summed E-state index contributed by atoms with van der Waals surface area (Å²) in [6, 6.07) is 23.1. The molecule has 0 spiro atoms. The molecule has 3 aromatic carbocycles. The Hall–Kier alpha value is -2.89. The van der Waals surface area contributed by atoms with E-state index in [2.05, 4.69) is 43.3 Å². The molecule has 1 aromatic heterocycles. The van der Waals surface area contributed by atoms with Crippen LogP contribution in [0, 0.1) is 6.92 Å². The summed E-state index contributed by atoms with van der Waals surface area (Å²) in [6.07, 6.45) is 2.72. The number of phosphoric acid groups is 1. The van der Waals surface area contributed by atoms with E-state index in [1.54, 1.807) is 6.07 Å². The van der Waals surface area contributed by atoms with Crippen LogP contribution < -0.4 is 9.42 Å². The second kappa shape index (κ2) is 10.2. The molecule has 178 valence electrons. The summed E-state index contributed by atoms with van der Waals surface area (Å²) in [5.41, 5.74) is 4.98. The molecule has 0 radical (unpaired) electrons. The maximum Gasteiger partial charge on any atom is 0.320 e. The van der Waals surface area contributed by atoms with E-state index in [9.17, 15) is 9.46 Å². The van der Waals surface area contributed by atoms with Crippen LogP contribution >= 0.6 is 7.82 Å². The highest BCUT2D eigenvalue weighted by Gasteiger charge is 2.21. The Morgan fingerprint density at radius 2 is 1.59 bits per heavy atom. The molecule has 34 heavy (non-hydrogen) atoms. The fourth-order valence-corrected chi connectivity index (χ4v) is 4.90. The molecule has 0 bridgehead atoms. The van der Waals surface area contributed by atoms with E-state index in [0.717, 1.165) is 51.6 Å². The number of likely N-dealkylation sites (N-methyl/N-ethyl adjacent to an activating group) is 1. The summed E-state index contributed by atoms with van der Waals surface area (Å²) in [5, 5.41) is 0.791. The molecule has 0 saturated heterocycles. The highest BCUT2D eigenvalue weighted by Crippen LogP contribution is 2.44. The monoisotopic (exact) mass is 478 g/mol. The van der Waals surface area contributed by atoms with Gasteiger partial charge in [0.1, 0.15) is 12.3 Å². The van der Waals surface area contributed by atoms with Gasteiger partial charge in [0.15, 0.2) is 0 Å². The minimum atomic E-state index is -4.56. The van der Waals surface area contributed by atoms with Crippen LogP contribution in [-0.2, 0) is 28.7 Å². The summed E-state index contributed by atoms with van der Waals surface area (Å²) >= 11 is 0. The number of H-pyrrole nitrogens is 1. The summed E-state index contributed by atoms with van der Waals surface area (Å²) < 4.78 is 24.1. The Morgan fingerprint density at radius 3 is 2.26 bits per heavy atom. The van der Waals surface area contributed by atoms with Crippen molar-refractivity contribution in [2.45, 2.75) is 26.5 Å². The first kappa shape index (κ1) is 24.2. The molecule has 1 atom stereocenters. The number of nitrogens with zero attached hydrogens (tertiary/aromatic N) is 1. The van der Waals surface area contributed by atoms with Crippen molar-refractivity contribution in [1.29, 1.82) is 0 Å². The van der Waals surface area contributed by atoms with Crippen LogP contribution in [-0.4, -0.2) is 30.1 Å². The average molecular weight is 479 g/mol. The average Bonchev–Trinajstić information content (AvgIpc) is 3.25. The third-order valence-corrected chi connectivity index (χ3v) is 6.84. The zero-order valence-electron chi connectivity index (χ0n) is 19.9. The smallest absolute Gasteiger partial charge is 0.320 e. The summed E-state index contributed by atoms with van der Waals surface area (Å²) in [6.45, 7) is 3.72. The first-order valence-corrected chi connectivity index (χ1v) is 12.8. The lowest BCUT2D eigenvalue weighted by atomic mass is 10.1. The molecule has 1 unspecified atom stereocenters. The van der Waals surface area contributed by atoms with Crippen LogP contribution in [0.1, 0.15) is 22.3 Å². The van der Waals surface area contributed by atoms with Gasteiger partial charge in [-0.3, -0.25) is 4.57 Å². The molecule has 1 heterocycles. The van der Waals surface area contributed by atoms with Crippen molar-refractivity contribution in [2.24, 2.45) is 0 Å². The van der Waals surface area contributed by atoms with Gasteiger partial charge in [0, 0.05) is 23.6 Å². The number of rotatable bonds is 10. The highest BCUT2D eigenvalue weighted by molar-refractivity contribution is 7.46. The summed E-state index contributed by atoms with van der Waals surface area (Å²) in [5.74, 6) is 0.289. The van der Waals surface area contributed by atoms with Gasteiger partial charge in [-0.25, -0.2) is 0 Å². The summed E-state index contributed by atoms with van der Waals surface area (Å²) in [7, 11) is -0.156. The SMILES string of the molecule is Cc1ccc(OP(=O)([O-])OCc2ccccc2)c2c(CC[N+](C)(C)Cc3ccccc3)c[nH]c12. The van der Waals surface area contributed by atoms with Gasteiger partial charge >= 0.3 is 7.82 Å². The van der Waals surface area contributed by atoms with Crippen LogP contribution in [0.25, 0.3) is 10.9 Å². The third-order valence-electron chi connectivity index (χ3n) is 5.97. The molecule has 0 fully saturated rings. The van der Waals surface area contributed by atoms with Gasteiger partial charge in [0.25, 0.3) is 0 Å². The topological polar surface area (TPSA) is 74.4 Å². The van der Waals surface area contributed by atoms with Gasteiger partial charge < -0.3 is 23.4 Å². The number of fused-ring (bicyclic) bond motifs is 1. The van der Waals surface area contributed by atoms with Gasteiger partial charge in [-0.2, -0.15) is 0 Å². The van der Waals surface area contributed by atoms with Crippen molar-refractivity contribution in [2.75, 3.05) is 20.6 Å². The van der Waals surface area contributed by atoms with Gasteiger partial charge in [0.05, 0.1) is 32.8 Å². The first-order chi connectivity index (χ1) is 16.2. The number of hydrogen-bond acceptors (Lipinski definition) is 4. The van der Waals surface area contributed by atoms with E-state index in [1.807, 2.05) is 55.6 Å². The maximum absolute atomic E-state index is 12.6. The second-order valence-corrected chi connectivity index (χ2v) is 10.6. The van der Waals surface area contributed by atoms with E-state index < -0.39 is 7.82 Å². The number of hydrogen-bond donors (Lipinski definition) is 1. The number of quaternary nitrogens is 1. The van der Waals surface area contributed by atoms with E-state index in [-0.39, 0.29) is 12.4 Å². The normalized spacial score (nSPS) is 13.6. The Bertz CT molecular complexity index is 1290. The minimum Gasteiger partial charge on any atom is -0.746 e. The Kier molecular flexibility index (Phi) is 7.24.